The second-order valence-electron chi connectivity index (χ2n) is 36.2. The molecule has 18 aromatic rings. The van der Waals surface area contributed by atoms with E-state index in [-0.39, 0.29) is 63.2 Å². The second-order valence-corrected chi connectivity index (χ2v) is 58.4. The predicted molar refractivity (Wildman–Crippen MR) is 616 cm³/mol. The first-order chi connectivity index (χ1) is 71.5. The van der Waals surface area contributed by atoms with Crippen LogP contribution in [0.15, 0.2) is 426 Å². The molecule has 0 radical (unpaired) electrons. The van der Waals surface area contributed by atoms with Gasteiger partial charge in [-0.2, -0.15) is 8.78 Å². The van der Waals surface area contributed by atoms with Crippen molar-refractivity contribution in [2.24, 2.45) is 14.1 Å². The number of pyridine rings is 2. The van der Waals surface area contributed by atoms with E-state index >= 15 is 0 Å². The number of imidazole rings is 2. The number of ketones is 2. The summed E-state index contributed by atoms with van der Waals surface area (Å²) >= 11 is 3.77. The van der Waals surface area contributed by atoms with Gasteiger partial charge in [-0.25, -0.2) is 34.9 Å². The van der Waals surface area contributed by atoms with Gasteiger partial charge in [0.1, 0.15) is 17.3 Å². The van der Waals surface area contributed by atoms with Crippen LogP contribution >= 0.6 is 43.3 Å². The molecule has 147 heavy (non-hydrogen) atoms. The predicted octanol–water partition coefficient (Wildman–Crippen LogP) is 22.8. The molecule has 0 aliphatic heterocycles. The number of carbonyl (C=O) groups is 2. The molecule has 14 nitrogen and oxygen atoms in total. The van der Waals surface area contributed by atoms with Gasteiger partial charge >= 0.3 is 124 Å². The van der Waals surface area contributed by atoms with E-state index in [0.717, 1.165) is 78.4 Å². The van der Waals surface area contributed by atoms with Crippen LogP contribution in [-0.2, 0) is 82.6 Å². The van der Waals surface area contributed by atoms with Crippen LogP contribution in [0.4, 0.5) is 20.4 Å². The van der Waals surface area contributed by atoms with Gasteiger partial charge in [0.05, 0.1) is 25.1 Å². The fourth-order valence-corrected chi connectivity index (χ4v) is 42.9. The number of hydrogen-bond donors (Lipinski definition) is 0. The standard InChI is InChI=1S/C20H21FN6O.4C18H15P.C16H16ClFN4O.C4H5N2.3C4H9.Pd.Sn/c1-26-11-17(23-12-26)19-24-16-5-3-4-15(16)20(25-19)27(2)10-14(28)8-13-6-7-18(21)22-9-13;4*1-4-10-16(11-5-1)19(17-12-6-2-7-13-17)18-14-8-3-9-15-18;1-22(9-11(23)7-10-5-6-14(18)19-8-10)15-12-3-2-4-13(12)20-16(17)21-15;1-6-3-2-5-4-6;3*1-3-4-2;;/h6-7,9,11-12H,3-5,8,10H2,1-2H3;4*1-15H;5-6,8H,2-4,7,9H2,1H3;3-4H,1H3;3*1,3-4H2,2H3;;. The van der Waals surface area contributed by atoms with Gasteiger partial charge in [-0.05, 0) is 169 Å². The minimum Gasteiger partial charge on any atom is -0.352 e. The van der Waals surface area contributed by atoms with E-state index in [1.54, 1.807) is 27.1 Å². The van der Waals surface area contributed by atoms with Crippen molar-refractivity contribution in [1.29, 1.82) is 0 Å². The zero-order valence-electron chi connectivity index (χ0n) is 84.8. The molecule has 20 rings (SSSR count). The molecule has 0 N–H and O–H groups in total. The van der Waals surface area contributed by atoms with Crippen LogP contribution in [0.1, 0.15) is 106 Å². The molecule has 0 saturated heterocycles. The Hall–Kier alpha value is -12.2. The molecule has 0 bridgehead atoms. The number of anilines is 2. The van der Waals surface area contributed by atoms with E-state index < -0.39 is 62.0 Å². The van der Waals surface area contributed by atoms with Crippen LogP contribution in [0, 0.1) is 11.9 Å². The molecule has 0 spiro atoms. The first-order valence-corrected chi connectivity index (χ1v) is 63.6. The summed E-state index contributed by atoms with van der Waals surface area (Å²) in [6, 6.07) is 135. The summed E-state index contributed by atoms with van der Waals surface area (Å²) in [7, 11) is 5.92. The molecule has 6 heterocycles. The Kier molecular flexibility index (Phi) is 45.5. The summed E-state index contributed by atoms with van der Waals surface area (Å²) in [5, 5.41) is 17.0. The molecule has 12 aromatic carbocycles. The van der Waals surface area contributed by atoms with Crippen molar-refractivity contribution in [2.45, 2.75) is 124 Å². The Bertz CT molecular complexity index is 6050. The van der Waals surface area contributed by atoms with E-state index in [4.69, 9.17) is 26.6 Å². The Morgan fingerprint density at radius 3 is 0.850 bits per heavy atom. The molecular formula is C124H129ClF2N12O2P4PdSn. The van der Waals surface area contributed by atoms with Crippen molar-refractivity contribution < 1.29 is 38.8 Å². The average molecular weight is 2240 g/mol. The van der Waals surface area contributed by atoms with Gasteiger partial charge in [0.2, 0.25) is 17.2 Å². The summed E-state index contributed by atoms with van der Waals surface area (Å²) in [6.45, 7) is 7.40. The number of likely N-dealkylation sites (N-methyl/N-ethyl adjacent to an activating group) is 2. The smallest absolute Gasteiger partial charge is 0.224 e. The third kappa shape index (κ3) is 33.6. The number of aryl methyl sites for hydroxylation is 4. The zero-order valence-corrected chi connectivity index (χ0v) is 93.5. The second kappa shape index (κ2) is 59.7. The van der Waals surface area contributed by atoms with Crippen LogP contribution in [-0.4, -0.2) is 106 Å². The number of Topliss-reactive ketones (excluding diaryl/α,β-unsaturated/α-hetero) is 2. The Labute approximate surface area is 895 Å². The normalized spacial score (nSPS) is 11.5. The Balaban J connectivity index is 0.000000144. The summed E-state index contributed by atoms with van der Waals surface area (Å²) in [5.41, 5.74) is 6.30. The van der Waals surface area contributed by atoms with Gasteiger partial charge in [0.15, 0.2) is 17.4 Å². The zero-order chi connectivity index (χ0) is 102. The maximum absolute atomic E-state index is 12.9. The SMILES string of the molecule is CCC[CH2][Sn]([CH2]CCC)([CH2]CCC)[c]1cn(C)cn1.CN(CC(=O)Cc1ccc(F)nc1)c1nc(-c2cn(C)cn2)nc2c1CCC2.CN(CC(=O)Cc1ccc(F)nc1)c1nc(Cl)nc2c1CCC2.[Pd].c1ccc(P(c2ccccc2)c2ccccc2)cc1.c1ccc(P(c2ccccc2)c2ccccc2)cc1.c1ccc(P(c2ccccc2)c2ccccc2)cc1.c1ccc(P(c2ccccc2)c2ccccc2)cc1. The molecule has 0 amide bonds. The molecular weight excluding hydrogens is 2110 g/mol. The van der Waals surface area contributed by atoms with E-state index in [2.05, 4.69) is 427 Å². The van der Waals surface area contributed by atoms with Gasteiger partial charge in [-0.1, -0.05) is 376 Å². The number of aromatic nitrogens is 10. The van der Waals surface area contributed by atoms with Crippen LogP contribution in [0.5, 0.6) is 0 Å². The number of hydrogen-bond acceptors (Lipinski definition) is 12. The summed E-state index contributed by atoms with van der Waals surface area (Å²) in [5.74, 6) is 1.01. The van der Waals surface area contributed by atoms with E-state index in [1.165, 1.54) is 140 Å². The number of fused-ring (bicyclic) bond motifs is 2. The first kappa shape index (κ1) is 112. The summed E-state index contributed by atoms with van der Waals surface area (Å²) in [6.07, 6.45) is 25.1. The van der Waals surface area contributed by atoms with E-state index in [1.807, 2.05) is 43.1 Å². The molecule has 0 unspecified atom stereocenters. The van der Waals surface area contributed by atoms with Crippen LogP contribution in [0.2, 0.25) is 18.6 Å². The fourth-order valence-electron chi connectivity index (χ4n) is 18.0. The van der Waals surface area contributed by atoms with Crippen molar-refractivity contribution in [3.05, 3.63) is 477 Å². The Morgan fingerprint density at radius 1 is 0.340 bits per heavy atom. The molecule has 0 fully saturated rings. The van der Waals surface area contributed by atoms with E-state index in [0.29, 0.717) is 17.0 Å². The topological polar surface area (TPSA) is 154 Å². The minimum atomic E-state index is -2.21. The number of carbonyl (C=O) groups excluding carboxylic acids is 2. The summed E-state index contributed by atoms with van der Waals surface area (Å²) < 4.78 is 35.8. The van der Waals surface area contributed by atoms with Crippen LogP contribution in [0.3, 0.4) is 0 Å². The monoisotopic (exact) mass is 2240 g/mol. The molecule has 23 heteroatoms. The molecule has 2 aliphatic rings. The van der Waals surface area contributed by atoms with Crippen LogP contribution in [0.25, 0.3) is 11.5 Å². The van der Waals surface area contributed by atoms with Gasteiger partial charge in [0, 0.05) is 89.8 Å². The maximum Gasteiger partial charge on any atom is 0.224 e. The quantitative estimate of drug-likeness (QED) is 0.0166. The van der Waals surface area contributed by atoms with Gasteiger partial charge in [-0.3, -0.25) is 9.59 Å². The number of unbranched alkanes of at least 4 members (excludes halogenated alkanes) is 3. The van der Waals surface area contributed by atoms with Crippen molar-refractivity contribution in [3.63, 3.8) is 0 Å². The third-order valence-corrected chi connectivity index (χ3v) is 50.1. The number of benzene rings is 12. The van der Waals surface area contributed by atoms with Crippen molar-refractivity contribution in [1.82, 2.24) is 49.0 Å². The van der Waals surface area contributed by atoms with Crippen LogP contribution < -0.4 is 77.2 Å². The molecule has 2 aliphatic carbocycles. The van der Waals surface area contributed by atoms with Gasteiger partial charge in [-0.15, -0.1) is 0 Å². The third-order valence-electron chi connectivity index (χ3n) is 25.1. The van der Waals surface area contributed by atoms with Crippen molar-refractivity contribution >= 4 is 152 Å². The van der Waals surface area contributed by atoms with Crippen molar-refractivity contribution in [3.8, 4) is 11.5 Å². The minimum absolute atomic E-state index is 0. The average Bonchev–Trinajstić information content (AvgIpc) is 1.63. The van der Waals surface area contributed by atoms with Gasteiger partial charge in [0.25, 0.3) is 0 Å². The van der Waals surface area contributed by atoms with Gasteiger partial charge < -0.3 is 14.4 Å². The maximum atomic E-state index is 12.9. The molecule has 0 saturated carbocycles. The number of rotatable bonds is 33. The molecule has 0 atom stereocenters. The fraction of sp³-hybridized carbons (Fsp3) is 0.210. The molecule has 752 valence electrons. The molecule has 6 aromatic heterocycles. The largest absolute Gasteiger partial charge is 0.352 e. The Morgan fingerprint density at radius 2 is 0.605 bits per heavy atom. The first-order valence-electron chi connectivity index (χ1n) is 50.4. The number of halogens is 3. The van der Waals surface area contributed by atoms with E-state index in [9.17, 15) is 18.4 Å². The van der Waals surface area contributed by atoms with Crippen molar-refractivity contribution in [2.75, 3.05) is 37.0 Å². The summed E-state index contributed by atoms with van der Waals surface area (Å²) in [4.78, 5) is 62.7. The number of nitrogens with zero attached hydrogens (tertiary/aromatic N) is 12.